The Morgan fingerprint density at radius 1 is 1.28 bits per heavy atom. The molecule has 0 saturated heterocycles. The van der Waals surface area contributed by atoms with Crippen LogP contribution in [0.1, 0.15) is 22.4 Å². The third-order valence-electron chi connectivity index (χ3n) is 2.79. The zero-order valence-electron chi connectivity index (χ0n) is 10.3. The third kappa shape index (κ3) is 2.46. The zero-order valence-corrected chi connectivity index (χ0v) is 10.3. The monoisotopic (exact) mass is 239 g/mol. The molecule has 0 amide bonds. The van der Waals surface area contributed by atoms with E-state index in [1.165, 1.54) is 10.7 Å². The van der Waals surface area contributed by atoms with Crippen molar-refractivity contribution in [2.45, 2.75) is 20.4 Å². The van der Waals surface area contributed by atoms with Gasteiger partial charge in [0.25, 0.3) is 5.56 Å². The van der Waals surface area contributed by atoms with Crippen molar-refractivity contribution >= 4 is 0 Å². The van der Waals surface area contributed by atoms with Gasteiger partial charge in [-0.15, -0.1) is 0 Å². The first-order valence-electron chi connectivity index (χ1n) is 5.64. The lowest BCUT2D eigenvalue weighted by atomic mass is 10.1. The van der Waals surface area contributed by atoms with Gasteiger partial charge in [0.1, 0.15) is 0 Å². The van der Waals surface area contributed by atoms with Crippen molar-refractivity contribution in [1.29, 1.82) is 5.26 Å². The molecule has 0 N–H and O–H groups in total. The molecule has 4 heteroatoms. The van der Waals surface area contributed by atoms with Gasteiger partial charge in [-0.25, -0.2) is 4.68 Å². The van der Waals surface area contributed by atoms with E-state index in [9.17, 15) is 4.79 Å². The maximum atomic E-state index is 11.7. The first-order chi connectivity index (χ1) is 8.60. The Bertz CT molecular complexity index is 680. The number of hydrogen-bond acceptors (Lipinski definition) is 3. The molecule has 0 saturated carbocycles. The Morgan fingerprint density at radius 3 is 2.72 bits per heavy atom. The minimum Gasteiger partial charge on any atom is -0.268 e. The smallest absolute Gasteiger partial charge is 0.267 e. The number of nitrogens with zero attached hydrogens (tertiary/aromatic N) is 3. The van der Waals surface area contributed by atoms with Crippen LogP contribution in [0.15, 0.2) is 35.1 Å². The van der Waals surface area contributed by atoms with Gasteiger partial charge in [0, 0.05) is 6.07 Å². The molecule has 2 aromatic rings. The average molecular weight is 239 g/mol. The highest BCUT2D eigenvalue weighted by Crippen LogP contribution is 2.11. The van der Waals surface area contributed by atoms with Crippen molar-refractivity contribution in [2.24, 2.45) is 0 Å². The fraction of sp³-hybridized carbons (Fsp3) is 0.214. The van der Waals surface area contributed by atoms with E-state index in [1.807, 2.05) is 26.0 Å². The molecule has 1 aromatic carbocycles. The van der Waals surface area contributed by atoms with E-state index in [2.05, 4.69) is 11.2 Å². The maximum Gasteiger partial charge on any atom is 0.267 e. The first-order valence-corrected chi connectivity index (χ1v) is 5.64. The maximum absolute atomic E-state index is 11.7. The summed E-state index contributed by atoms with van der Waals surface area (Å²) in [6, 6.07) is 10.7. The fourth-order valence-corrected chi connectivity index (χ4v) is 1.77. The SMILES string of the molecule is Cc1ccc(=O)n(Cc2ccc(C#N)cc2C)n1. The van der Waals surface area contributed by atoms with Gasteiger partial charge in [0.15, 0.2) is 0 Å². The van der Waals surface area contributed by atoms with E-state index in [1.54, 1.807) is 12.1 Å². The van der Waals surface area contributed by atoms with E-state index < -0.39 is 0 Å². The molecule has 2 rings (SSSR count). The highest BCUT2D eigenvalue weighted by molar-refractivity contribution is 5.37. The van der Waals surface area contributed by atoms with Gasteiger partial charge in [0.2, 0.25) is 0 Å². The van der Waals surface area contributed by atoms with Crippen molar-refractivity contribution in [1.82, 2.24) is 9.78 Å². The average Bonchev–Trinajstić information content (AvgIpc) is 2.36. The van der Waals surface area contributed by atoms with Gasteiger partial charge in [0.05, 0.1) is 23.9 Å². The quantitative estimate of drug-likeness (QED) is 0.802. The van der Waals surface area contributed by atoms with Gasteiger partial charge in [-0.05, 0) is 43.2 Å². The third-order valence-corrected chi connectivity index (χ3v) is 2.79. The molecular formula is C14H13N3O. The predicted octanol–water partition coefficient (Wildman–Crippen LogP) is 1.78. The lowest BCUT2D eigenvalue weighted by Crippen LogP contribution is -2.23. The molecule has 0 unspecified atom stereocenters. The molecule has 1 aromatic heterocycles. The molecule has 0 aliphatic rings. The Hall–Kier alpha value is -2.41. The molecular weight excluding hydrogens is 226 g/mol. The van der Waals surface area contributed by atoms with Crippen LogP contribution in [0.4, 0.5) is 0 Å². The van der Waals surface area contributed by atoms with Crippen molar-refractivity contribution in [3.8, 4) is 6.07 Å². The Labute approximate surface area is 105 Å². The molecule has 0 bridgehead atoms. The minimum atomic E-state index is -0.121. The van der Waals surface area contributed by atoms with Crippen molar-refractivity contribution < 1.29 is 0 Å². The molecule has 0 radical (unpaired) electrons. The summed E-state index contributed by atoms with van der Waals surface area (Å²) in [4.78, 5) is 11.7. The van der Waals surface area contributed by atoms with Crippen LogP contribution in [0.3, 0.4) is 0 Å². The molecule has 4 nitrogen and oxygen atoms in total. The van der Waals surface area contributed by atoms with Gasteiger partial charge in [-0.3, -0.25) is 4.79 Å². The lowest BCUT2D eigenvalue weighted by Gasteiger charge is -2.08. The number of aryl methyl sites for hydroxylation is 2. The summed E-state index contributed by atoms with van der Waals surface area (Å²) in [6.45, 7) is 4.20. The standard InChI is InChI=1S/C14H13N3O/c1-10-7-12(8-15)4-5-13(10)9-17-14(18)6-3-11(2)16-17/h3-7H,9H2,1-2H3. The summed E-state index contributed by atoms with van der Waals surface area (Å²) in [6.07, 6.45) is 0. The Morgan fingerprint density at radius 2 is 2.06 bits per heavy atom. The van der Waals surface area contributed by atoms with Gasteiger partial charge < -0.3 is 0 Å². The van der Waals surface area contributed by atoms with Crippen LogP contribution in [0.5, 0.6) is 0 Å². The van der Waals surface area contributed by atoms with Crippen LogP contribution in [0.25, 0.3) is 0 Å². The van der Waals surface area contributed by atoms with Crippen molar-refractivity contribution in [3.05, 3.63) is 63.1 Å². The van der Waals surface area contributed by atoms with Crippen LogP contribution >= 0.6 is 0 Å². The van der Waals surface area contributed by atoms with Crippen LogP contribution in [-0.4, -0.2) is 9.78 Å². The summed E-state index contributed by atoms with van der Waals surface area (Å²) in [5, 5.41) is 13.0. The van der Waals surface area contributed by atoms with E-state index in [0.717, 1.165) is 16.8 Å². The summed E-state index contributed by atoms with van der Waals surface area (Å²) in [7, 11) is 0. The predicted molar refractivity (Wildman–Crippen MR) is 68.2 cm³/mol. The summed E-state index contributed by atoms with van der Waals surface area (Å²) in [5.41, 5.74) is 3.30. The normalized spacial score (nSPS) is 10.1. The summed E-state index contributed by atoms with van der Waals surface area (Å²) in [5.74, 6) is 0. The van der Waals surface area contributed by atoms with E-state index in [4.69, 9.17) is 5.26 Å². The number of hydrogen-bond donors (Lipinski definition) is 0. The topological polar surface area (TPSA) is 58.7 Å². The van der Waals surface area contributed by atoms with Gasteiger partial charge in [-0.2, -0.15) is 10.4 Å². The molecule has 0 aliphatic carbocycles. The molecule has 0 atom stereocenters. The second-order valence-corrected chi connectivity index (χ2v) is 4.22. The molecule has 18 heavy (non-hydrogen) atoms. The second kappa shape index (κ2) is 4.84. The lowest BCUT2D eigenvalue weighted by molar-refractivity contribution is 0.626. The summed E-state index contributed by atoms with van der Waals surface area (Å²) < 4.78 is 1.43. The molecule has 0 fully saturated rings. The molecule has 0 aliphatic heterocycles. The number of aromatic nitrogens is 2. The second-order valence-electron chi connectivity index (χ2n) is 4.22. The van der Waals surface area contributed by atoms with Gasteiger partial charge in [-0.1, -0.05) is 6.07 Å². The van der Waals surface area contributed by atoms with Crippen LogP contribution < -0.4 is 5.56 Å². The molecule has 1 heterocycles. The fourth-order valence-electron chi connectivity index (χ4n) is 1.77. The number of benzene rings is 1. The van der Waals surface area contributed by atoms with E-state index in [0.29, 0.717) is 12.1 Å². The zero-order chi connectivity index (χ0) is 13.1. The highest BCUT2D eigenvalue weighted by Gasteiger charge is 2.03. The van der Waals surface area contributed by atoms with Gasteiger partial charge >= 0.3 is 0 Å². The number of nitriles is 1. The van der Waals surface area contributed by atoms with Crippen LogP contribution in [-0.2, 0) is 6.54 Å². The molecule has 90 valence electrons. The highest BCUT2D eigenvalue weighted by atomic mass is 16.1. The van der Waals surface area contributed by atoms with Crippen molar-refractivity contribution in [2.75, 3.05) is 0 Å². The largest absolute Gasteiger partial charge is 0.268 e. The minimum absolute atomic E-state index is 0.121. The Kier molecular flexibility index (Phi) is 3.24. The van der Waals surface area contributed by atoms with Crippen LogP contribution in [0, 0.1) is 25.2 Å². The van der Waals surface area contributed by atoms with E-state index >= 15 is 0 Å². The molecule has 0 spiro atoms. The van der Waals surface area contributed by atoms with Crippen LogP contribution in [0.2, 0.25) is 0 Å². The Balaban J connectivity index is 2.38. The van der Waals surface area contributed by atoms with Crippen molar-refractivity contribution in [3.63, 3.8) is 0 Å². The van der Waals surface area contributed by atoms with E-state index in [-0.39, 0.29) is 5.56 Å². The first kappa shape index (κ1) is 12.1. The summed E-state index contributed by atoms with van der Waals surface area (Å²) >= 11 is 0. The number of rotatable bonds is 2.